The molecule has 9 nitrogen and oxygen atoms in total. The molecule has 3 aromatic heterocycles. The summed E-state index contributed by atoms with van der Waals surface area (Å²) in [6.45, 7) is 0. The van der Waals surface area contributed by atoms with Gasteiger partial charge in [-0.1, -0.05) is 36.7 Å². The number of aromatic nitrogens is 8. The van der Waals surface area contributed by atoms with E-state index in [-0.39, 0.29) is 5.56 Å². The Balaban J connectivity index is 1.54. The van der Waals surface area contributed by atoms with Crippen molar-refractivity contribution in [2.45, 2.75) is 42.6 Å². The molecule has 5 rings (SSSR count). The number of benzene rings is 1. The van der Waals surface area contributed by atoms with Gasteiger partial charge in [0.05, 0.1) is 22.7 Å². The Hall–Kier alpha value is -2.75. The number of para-hydroxylation sites is 1. The van der Waals surface area contributed by atoms with Crippen molar-refractivity contribution in [1.29, 1.82) is 0 Å². The van der Waals surface area contributed by atoms with E-state index in [4.69, 9.17) is 0 Å². The molecule has 3 heterocycles. The highest BCUT2D eigenvalue weighted by molar-refractivity contribution is 7.98. The van der Waals surface area contributed by atoms with Crippen LogP contribution >= 0.6 is 11.8 Å². The Morgan fingerprint density at radius 3 is 2.81 bits per heavy atom. The summed E-state index contributed by atoms with van der Waals surface area (Å²) in [5.41, 5.74) is 0.737. The van der Waals surface area contributed by atoms with Gasteiger partial charge in [-0.2, -0.15) is 0 Å². The van der Waals surface area contributed by atoms with Crippen molar-refractivity contribution in [3.05, 3.63) is 40.4 Å². The molecule has 138 valence electrons. The quantitative estimate of drug-likeness (QED) is 0.498. The average Bonchev–Trinajstić information content (AvgIpc) is 3.44. The maximum Gasteiger partial charge on any atom is 0.262 e. The van der Waals surface area contributed by atoms with E-state index in [0.29, 0.717) is 23.0 Å². The average molecular weight is 382 g/mol. The Morgan fingerprint density at radius 2 is 1.96 bits per heavy atom. The first-order valence-corrected chi connectivity index (χ1v) is 9.95. The zero-order valence-corrected chi connectivity index (χ0v) is 15.6. The Morgan fingerprint density at radius 1 is 1.15 bits per heavy atom. The van der Waals surface area contributed by atoms with Crippen molar-refractivity contribution in [3.63, 3.8) is 0 Å². The van der Waals surface area contributed by atoms with Gasteiger partial charge in [0.25, 0.3) is 5.56 Å². The summed E-state index contributed by atoms with van der Waals surface area (Å²) in [7, 11) is 1.72. The Labute approximate surface area is 158 Å². The van der Waals surface area contributed by atoms with Gasteiger partial charge in [0.2, 0.25) is 10.9 Å². The van der Waals surface area contributed by atoms with E-state index in [1.165, 1.54) is 17.4 Å². The van der Waals surface area contributed by atoms with Gasteiger partial charge in [-0.25, -0.2) is 4.68 Å². The lowest BCUT2D eigenvalue weighted by molar-refractivity contribution is 0.423. The van der Waals surface area contributed by atoms with Crippen molar-refractivity contribution >= 4 is 28.4 Å². The molecule has 1 saturated carbocycles. The molecule has 0 unspecified atom stereocenters. The molecule has 0 bridgehead atoms. The summed E-state index contributed by atoms with van der Waals surface area (Å²) < 4.78 is 5.41. The molecule has 0 saturated heterocycles. The van der Waals surface area contributed by atoms with Gasteiger partial charge in [0, 0.05) is 7.05 Å². The standard InChI is InChI=1S/C17H18N8OS/c1-23-15(26)12-8-4-5-9-13(12)24-14(18-19-16(23)24)10-27-17-20-21-22-25(17)11-6-2-3-7-11/h4-5,8-9,11H,2-3,6-7,10H2,1H3. The minimum Gasteiger partial charge on any atom is -0.279 e. The molecule has 0 N–H and O–H groups in total. The van der Waals surface area contributed by atoms with Crippen LogP contribution in [0.5, 0.6) is 0 Å². The zero-order chi connectivity index (χ0) is 18.4. The highest BCUT2D eigenvalue weighted by Gasteiger charge is 2.22. The van der Waals surface area contributed by atoms with Crippen LogP contribution < -0.4 is 5.56 Å². The fourth-order valence-electron chi connectivity index (χ4n) is 3.77. The van der Waals surface area contributed by atoms with Crippen molar-refractivity contribution in [1.82, 2.24) is 39.4 Å². The minimum atomic E-state index is -0.0742. The number of hydrogen-bond donors (Lipinski definition) is 0. The Bertz CT molecular complexity index is 1190. The SMILES string of the molecule is Cn1c(=O)c2ccccc2n2c(CSc3nnnn3C3CCCC3)nnc12. The molecule has 0 radical (unpaired) electrons. The summed E-state index contributed by atoms with van der Waals surface area (Å²) in [6.07, 6.45) is 4.70. The van der Waals surface area contributed by atoms with Gasteiger partial charge in [0.15, 0.2) is 0 Å². The van der Waals surface area contributed by atoms with E-state index < -0.39 is 0 Å². The summed E-state index contributed by atoms with van der Waals surface area (Å²) in [5, 5.41) is 22.2. The number of tetrazole rings is 1. The van der Waals surface area contributed by atoms with Crippen molar-refractivity contribution in [3.8, 4) is 0 Å². The van der Waals surface area contributed by atoms with Gasteiger partial charge in [-0.15, -0.1) is 15.3 Å². The lowest BCUT2D eigenvalue weighted by Gasteiger charge is -2.10. The number of aryl methyl sites for hydroxylation is 1. The van der Waals surface area contributed by atoms with E-state index in [1.807, 2.05) is 33.3 Å². The van der Waals surface area contributed by atoms with Crippen molar-refractivity contribution < 1.29 is 0 Å². The molecule has 4 aromatic rings. The number of rotatable bonds is 4. The summed E-state index contributed by atoms with van der Waals surface area (Å²) in [5.74, 6) is 1.86. The van der Waals surface area contributed by atoms with Crippen LogP contribution in [-0.4, -0.2) is 39.4 Å². The van der Waals surface area contributed by atoms with Gasteiger partial charge in [-0.3, -0.25) is 13.8 Å². The van der Waals surface area contributed by atoms with E-state index in [1.54, 1.807) is 18.8 Å². The molecule has 0 atom stereocenters. The predicted octanol–water partition coefficient (Wildman–Crippen LogP) is 1.98. The van der Waals surface area contributed by atoms with E-state index in [9.17, 15) is 4.79 Å². The van der Waals surface area contributed by atoms with Crippen LogP contribution in [0.4, 0.5) is 0 Å². The maximum atomic E-state index is 12.5. The largest absolute Gasteiger partial charge is 0.279 e. The fraction of sp³-hybridized carbons (Fsp3) is 0.412. The molecule has 1 fully saturated rings. The zero-order valence-electron chi connectivity index (χ0n) is 14.8. The molecular formula is C17H18N8OS. The van der Waals surface area contributed by atoms with E-state index >= 15 is 0 Å². The summed E-state index contributed by atoms with van der Waals surface area (Å²) in [6, 6.07) is 7.92. The first kappa shape index (κ1) is 16.4. The van der Waals surface area contributed by atoms with Crippen LogP contribution in [0.3, 0.4) is 0 Å². The highest BCUT2D eigenvalue weighted by atomic mass is 32.2. The summed E-state index contributed by atoms with van der Waals surface area (Å²) >= 11 is 1.55. The van der Waals surface area contributed by atoms with Crippen LogP contribution in [0.2, 0.25) is 0 Å². The molecule has 27 heavy (non-hydrogen) atoms. The number of nitrogens with zero attached hydrogens (tertiary/aromatic N) is 8. The summed E-state index contributed by atoms with van der Waals surface area (Å²) in [4.78, 5) is 12.5. The molecule has 1 aliphatic carbocycles. The number of hydrogen-bond acceptors (Lipinski definition) is 7. The third kappa shape index (κ3) is 2.62. The van der Waals surface area contributed by atoms with Crippen LogP contribution in [0.25, 0.3) is 16.7 Å². The van der Waals surface area contributed by atoms with Gasteiger partial charge in [-0.05, 0) is 35.4 Å². The maximum absolute atomic E-state index is 12.5. The molecule has 1 aromatic carbocycles. The smallest absolute Gasteiger partial charge is 0.262 e. The van der Waals surface area contributed by atoms with Crippen LogP contribution in [0, 0.1) is 0 Å². The third-order valence-corrected chi connectivity index (χ3v) is 6.09. The van der Waals surface area contributed by atoms with Crippen LogP contribution in [-0.2, 0) is 12.8 Å². The first-order valence-electron chi connectivity index (χ1n) is 8.96. The molecule has 0 aliphatic heterocycles. The minimum absolute atomic E-state index is 0.0742. The van der Waals surface area contributed by atoms with Crippen LogP contribution in [0.1, 0.15) is 37.5 Å². The number of fused-ring (bicyclic) bond motifs is 3. The van der Waals surface area contributed by atoms with Crippen LogP contribution in [0.15, 0.2) is 34.2 Å². The Kier molecular flexibility index (Phi) is 3.92. The molecule has 10 heteroatoms. The van der Waals surface area contributed by atoms with Crippen molar-refractivity contribution in [2.75, 3.05) is 0 Å². The third-order valence-electron chi connectivity index (χ3n) is 5.16. The second kappa shape index (κ2) is 6.45. The molecule has 1 aliphatic rings. The lowest BCUT2D eigenvalue weighted by Crippen LogP contribution is -2.20. The topological polar surface area (TPSA) is 95.8 Å². The second-order valence-electron chi connectivity index (χ2n) is 6.77. The van der Waals surface area contributed by atoms with E-state index in [2.05, 4.69) is 25.7 Å². The first-order chi connectivity index (χ1) is 13.2. The fourth-order valence-corrected chi connectivity index (χ4v) is 4.63. The predicted molar refractivity (Wildman–Crippen MR) is 101 cm³/mol. The molecule has 0 amide bonds. The van der Waals surface area contributed by atoms with E-state index in [0.717, 1.165) is 29.3 Å². The van der Waals surface area contributed by atoms with Crippen molar-refractivity contribution in [2.24, 2.45) is 7.05 Å². The monoisotopic (exact) mass is 382 g/mol. The molecule has 0 spiro atoms. The van der Waals surface area contributed by atoms with Gasteiger partial charge < -0.3 is 0 Å². The van der Waals surface area contributed by atoms with Gasteiger partial charge in [0.1, 0.15) is 5.82 Å². The number of thioether (sulfide) groups is 1. The normalized spacial score (nSPS) is 15.3. The lowest BCUT2D eigenvalue weighted by atomic mass is 10.2. The highest BCUT2D eigenvalue weighted by Crippen LogP contribution is 2.32. The molecular weight excluding hydrogens is 364 g/mol. The second-order valence-corrected chi connectivity index (χ2v) is 7.71. The van der Waals surface area contributed by atoms with Gasteiger partial charge >= 0.3 is 0 Å².